The van der Waals surface area contributed by atoms with Gasteiger partial charge in [-0.05, 0) is 37.2 Å². The first kappa shape index (κ1) is 21.1. The van der Waals surface area contributed by atoms with Gasteiger partial charge in [-0.15, -0.1) is 12.4 Å². The summed E-state index contributed by atoms with van der Waals surface area (Å²) in [6.07, 6.45) is 1.42. The minimum absolute atomic E-state index is 0. The molecule has 1 atom stereocenters. The Labute approximate surface area is 159 Å². The first-order valence-electron chi connectivity index (χ1n) is 7.69. The molecule has 2 rings (SSSR count). The molecular formula is C18H22Cl3NO2. The normalized spacial score (nSPS) is 11.6. The summed E-state index contributed by atoms with van der Waals surface area (Å²) >= 11 is 12.2. The zero-order chi connectivity index (χ0) is 16.5. The minimum atomic E-state index is -0.117. The molecule has 0 heterocycles. The topological polar surface area (TPSA) is 41.5 Å². The molecule has 1 unspecified atom stereocenters. The second-order valence-electron chi connectivity index (χ2n) is 5.21. The van der Waals surface area contributed by atoms with Gasteiger partial charge in [0, 0.05) is 24.1 Å². The van der Waals surface area contributed by atoms with E-state index >= 15 is 0 Å². The van der Waals surface area contributed by atoms with Gasteiger partial charge in [-0.3, -0.25) is 0 Å². The van der Waals surface area contributed by atoms with Crippen molar-refractivity contribution < 1.29 is 9.84 Å². The highest BCUT2D eigenvalue weighted by Crippen LogP contribution is 2.32. The third-order valence-corrected chi connectivity index (χ3v) is 3.98. The maximum absolute atomic E-state index is 8.81. The summed E-state index contributed by atoms with van der Waals surface area (Å²) in [4.78, 5) is 0. The Bertz CT molecular complexity index is 596. The number of nitrogens with one attached hydrogen (secondary N) is 1. The van der Waals surface area contributed by atoms with Gasteiger partial charge in [-0.25, -0.2) is 0 Å². The minimum Gasteiger partial charge on any atom is -0.484 e. The largest absolute Gasteiger partial charge is 0.484 e. The Kier molecular flexibility index (Phi) is 10.2. The molecule has 0 aromatic heterocycles. The van der Waals surface area contributed by atoms with Crippen LogP contribution in [0.2, 0.25) is 10.0 Å². The fourth-order valence-corrected chi connectivity index (χ4v) is 2.57. The lowest BCUT2D eigenvalue weighted by Crippen LogP contribution is -2.21. The number of aliphatic hydroxyl groups excluding tert-OH is 1. The van der Waals surface area contributed by atoms with Crippen molar-refractivity contribution in [1.82, 2.24) is 5.32 Å². The maximum atomic E-state index is 8.81. The van der Waals surface area contributed by atoms with Crippen molar-refractivity contribution in [2.75, 3.05) is 19.7 Å². The van der Waals surface area contributed by atoms with E-state index in [0.29, 0.717) is 15.8 Å². The van der Waals surface area contributed by atoms with E-state index in [2.05, 4.69) is 5.32 Å². The molecule has 24 heavy (non-hydrogen) atoms. The maximum Gasteiger partial charge on any atom is 0.140 e. The number of hydrogen-bond acceptors (Lipinski definition) is 3. The van der Waals surface area contributed by atoms with Crippen molar-refractivity contribution in [2.45, 2.75) is 18.9 Å². The van der Waals surface area contributed by atoms with E-state index in [1.807, 2.05) is 30.3 Å². The van der Waals surface area contributed by atoms with Crippen molar-refractivity contribution in [3.8, 4) is 5.75 Å². The van der Waals surface area contributed by atoms with Gasteiger partial charge in [0.1, 0.15) is 11.9 Å². The lowest BCUT2D eigenvalue weighted by molar-refractivity contribution is 0.193. The van der Waals surface area contributed by atoms with Gasteiger partial charge in [-0.2, -0.15) is 0 Å². The summed E-state index contributed by atoms with van der Waals surface area (Å²) in [5.74, 6) is 0.586. The van der Waals surface area contributed by atoms with E-state index in [1.54, 1.807) is 18.2 Å². The third kappa shape index (κ3) is 6.88. The number of halogens is 3. The standard InChI is InChI=1S/C18H21Cl2NO2.ClH/c19-15-7-8-16(20)18(13-15)23-17(9-11-21-10-4-12-22)14-5-2-1-3-6-14;/h1-3,5-8,13,17,21-22H,4,9-12H2;1H. The average molecular weight is 391 g/mol. The molecule has 0 radical (unpaired) electrons. The van der Waals surface area contributed by atoms with Crippen LogP contribution in [0.3, 0.4) is 0 Å². The van der Waals surface area contributed by atoms with E-state index < -0.39 is 0 Å². The van der Waals surface area contributed by atoms with E-state index in [4.69, 9.17) is 33.0 Å². The van der Waals surface area contributed by atoms with E-state index in [1.165, 1.54) is 0 Å². The molecule has 2 aromatic carbocycles. The highest BCUT2D eigenvalue weighted by Gasteiger charge is 2.15. The molecule has 3 nitrogen and oxygen atoms in total. The molecule has 2 aromatic rings. The lowest BCUT2D eigenvalue weighted by atomic mass is 10.1. The monoisotopic (exact) mass is 389 g/mol. The van der Waals surface area contributed by atoms with Gasteiger partial charge in [0.25, 0.3) is 0 Å². The van der Waals surface area contributed by atoms with Gasteiger partial charge in [0.15, 0.2) is 0 Å². The van der Waals surface area contributed by atoms with Crippen molar-refractivity contribution in [3.05, 3.63) is 64.1 Å². The number of hydrogen-bond donors (Lipinski definition) is 2. The second-order valence-corrected chi connectivity index (χ2v) is 6.05. The predicted molar refractivity (Wildman–Crippen MR) is 103 cm³/mol. The van der Waals surface area contributed by atoms with Crippen molar-refractivity contribution in [2.24, 2.45) is 0 Å². The Morgan fingerprint density at radius 1 is 1.04 bits per heavy atom. The van der Waals surface area contributed by atoms with Gasteiger partial charge in [-0.1, -0.05) is 53.5 Å². The summed E-state index contributed by atoms with van der Waals surface area (Å²) in [7, 11) is 0. The quantitative estimate of drug-likeness (QED) is 0.599. The molecule has 2 N–H and O–H groups in total. The second kappa shape index (κ2) is 11.6. The molecule has 0 aliphatic rings. The van der Waals surface area contributed by atoms with Crippen LogP contribution in [0, 0.1) is 0 Å². The smallest absolute Gasteiger partial charge is 0.140 e. The number of benzene rings is 2. The van der Waals surface area contributed by atoms with Crippen molar-refractivity contribution in [1.29, 1.82) is 0 Å². The Balaban J connectivity index is 0.00000288. The van der Waals surface area contributed by atoms with Gasteiger partial charge in [0.05, 0.1) is 5.02 Å². The molecule has 0 aliphatic heterocycles. The summed E-state index contributed by atoms with van der Waals surface area (Å²) in [5.41, 5.74) is 1.09. The third-order valence-electron chi connectivity index (χ3n) is 3.43. The SMILES string of the molecule is Cl.OCCCNCCC(Oc1cc(Cl)ccc1Cl)c1ccccc1. The average Bonchev–Trinajstić information content (AvgIpc) is 2.57. The fraction of sp³-hybridized carbons (Fsp3) is 0.333. The summed E-state index contributed by atoms with van der Waals surface area (Å²) < 4.78 is 6.11. The molecule has 0 bridgehead atoms. The van der Waals surface area contributed by atoms with Gasteiger partial charge >= 0.3 is 0 Å². The molecule has 0 spiro atoms. The zero-order valence-electron chi connectivity index (χ0n) is 13.3. The summed E-state index contributed by atoms with van der Waals surface area (Å²) in [6.45, 7) is 1.78. The van der Waals surface area contributed by atoms with Crippen LogP contribution in [0.15, 0.2) is 48.5 Å². The molecule has 0 saturated heterocycles. The number of rotatable bonds is 9. The molecule has 132 valence electrons. The van der Waals surface area contributed by atoms with Crippen LogP contribution in [0.1, 0.15) is 24.5 Å². The Morgan fingerprint density at radius 2 is 1.79 bits per heavy atom. The predicted octanol–water partition coefficient (Wildman–Crippen LogP) is 4.90. The van der Waals surface area contributed by atoms with Crippen LogP contribution >= 0.6 is 35.6 Å². The van der Waals surface area contributed by atoms with Crippen molar-refractivity contribution >= 4 is 35.6 Å². The highest BCUT2D eigenvalue weighted by molar-refractivity contribution is 6.34. The van der Waals surface area contributed by atoms with Crippen LogP contribution in [0.25, 0.3) is 0 Å². The van der Waals surface area contributed by atoms with E-state index in [-0.39, 0.29) is 25.1 Å². The summed E-state index contributed by atoms with van der Waals surface area (Å²) in [5, 5.41) is 13.3. The van der Waals surface area contributed by atoms with Crippen LogP contribution in [0.5, 0.6) is 5.75 Å². The van der Waals surface area contributed by atoms with Gasteiger partial charge < -0.3 is 15.2 Å². The molecule has 0 saturated carbocycles. The van der Waals surface area contributed by atoms with Crippen LogP contribution in [-0.2, 0) is 0 Å². The van der Waals surface area contributed by atoms with E-state index in [9.17, 15) is 0 Å². The van der Waals surface area contributed by atoms with Crippen LogP contribution in [-0.4, -0.2) is 24.8 Å². The Hall–Kier alpha value is -0.970. The molecule has 6 heteroatoms. The lowest BCUT2D eigenvalue weighted by Gasteiger charge is -2.21. The molecule has 0 amide bonds. The number of ether oxygens (including phenoxy) is 1. The summed E-state index contributed by atoms with van der Waals surface area (Å²) in [6, 6.07) is 15.2. The first-order valence-corrected chi connectivity index (χ1v) is 8.44. The zero-order valence-corrected chi connectivity index (χ0v) is 15.6. The van der Waals surface area contributed by atoms with E-state index in [0.717, 1.165) is 31.5 Å². The molecular weight excluding hydrogens is 369 g/mol. The highest BCUT2D eigenvalue weighted by atomic mass is 35.5. The van der Waals surface area contributed by atoms with Crippen molar-refractivity contribution in [3.63, 3.8) is 0 Å². The molecule has 0 aliphatic carbocycles. The first-order chi connectivity index (χ1) is 11.2. The van der Waals surface area contributed by atoms with Crippen LogP contribution in [0.4, 0.5) is 0 Å². The number of aliphatic hydroxyl groups is 1. The fourth-order valence-electron chi connectivity index (χ4n) is 2.24. The van der Waals surface area contributed by atoms with Crippen LogP contribution < -0.4 is 10.1 Å². The Morgan fingerprint density at radius 3 is 2.50 bits per heavy atom. The van der Waals surface area contributed by atoms with Gasteiger partial charge in [0.2, 0.25) is 0 Å². The molecule has 0 fully saturated rings.